The van der Waals surface area contributed by atoms with Crippen LogP contribution < -0.4 is 17.0 Å². The Kier molecular flexibility index (Phi) is 4.52. The van der Waals surface area contributed by atoms with Crippen LogP contribution in [0.4, 0.5) is 5.69 Å². The molecule has 0 saturated heterocycles. The normalized spacial score (nSPS) is 10.4. The van der Waals surface area contributed by atoms with Crippen LogP contribution in [0.3, 0.4) is 0 Å². The maximum atomic E-state index is 11.2. The van der Waals surface area contributed by atoms with Crippen molar-refractivity contribution in [2.45, 2.75) is 10.6 Å². The van der Waals surface area contributed by atoms with E-state index in [1.165, 1.54) is 11.8 Å². The van der Waals surface area contributed by atoms with Crippen molar-refractivity contribution in [2.24, 2.45) is 5.84 Å². The number of anilines is 1. The number of hydrogen-bond acceptors (Lipinski definition) is 5. The van der Waals surface area contributed by atoms with Crippen LogP contribution in [-0.4, -0.2) is 5.91 Å². The molecule has 19 heavy (non-hydrogen) atoms. The summed E-state index contributed by atoms with van der Waals surface area (Å²) in [6, 6.07) is 9.03. The van der Waals surface area contributed by atoms with E-state index in [9.17, 15) is 4.79 Å². The number of thioether (sulfide) groups is 1. The molecule has 0 aliphatic carbocycles. The van der Waals surface area contributed by atoms with Gasteiger partial charge >= 0.3 is 5.91 Å². The summed E-state index contributed by atoms with van der Waals surface area (Å²) >= 11 is 4.89. The number of amides is 1. The fourth-order valence-corrected chi connectivity index (χ4v) is 2.67. The average Bonchev–Trinajstić information content (AvgIpc) is 2.85. The highest BCUT2D eigenvalue weighted by atomic mass is 79.9. The van der Waals surface area contributed by atoms with Crippen molar-refractivity contribution in [1.29, 1.82) is 0 Å². The summed E-state index contributed by atoms with van der Waals surface area (Å²) < 4.78 is 6.30. The Morgan fingerprint density at radius 2 is 2.16 bits per heavy atom. The summed E-state index contributed by atoms with van der Waals surface area (Å²) in [6.07, 6.45) is 0. The number of nitrogens with one attached hydrogen (secondary N) is 1. The zero-order valence-electron chi connectivity index (χ0n) is 9.85. The molecule has 0 bridgehead atoms. The Morgan fingerprint density at radius 1 is 1.37 bits per heavy atom. The van der Waals surface area contributed by atoms with Crippen molar-refractivity contribution in [3.63, 3.8) is 0 Å². The maximum Gasteiger partial charge on any atom is 0.300 e. The molecule has 2 rings (SSSR count). The van der Waals surface area contributed by atoms with Gasteiger partial charge in [0.05, 0.1) is 5.75 Å². The molecule has 0 atom stereocenters. The van der Waals surface area contributed by atoms with E-state index in [2.05, 4.69) is 15.9 Å². The Balaban J connectivity index is 2.02. The molecule has 0 aliphatic heterocycles. The van der Waals surface area contributed by atoms with Gasteiger partial charge in [-0.1, -0.05) is 15.9 Å². The van der Waals surface area contributed by atoms with Gasteiger partial charge in [-0.3, -0.25) is 10.2 Å². The summed E-state index contributed by atoms with van der Waals surface area (Å²) in [4.78, 5) is 12.2. The highest BCUT2D eigenvalue weighted by molar-refractivity contribution is 9.10. The number of halogens is 1. The molecule has 5 nitrogen and oxygen atoms in total. The minimum atomic E-state index is -0.445. The smallest absolute Gasteiger partial charge is 0.300 e. The predicted molar refractivity (Wildman–Crippen MR) is 78.5 cm³/mol. The Morgan fingerprint density at radius 3 is 2.84 bits per heavy atom. The molecule has 0 unspecified atom stereocenters. The Hall–Kier alpha value is -1.44. The van der Waals surface area contributed by atoms with Gasteiger partial charge in [-0.2, -0.15) is 0 Å². The molecule has 100 valence electrons. The van der Waals surface area contributed by atoms with Crippen LogP contribution >= 0.6 is 27.7 Å². The van der Waals surface area contributed by atoms with Crippen molar-refractivity contribution < 1.29 is 9.21 Å². The van der Waals surface area contributed by atoms with E-state index in [4.69, 9.17) is 16.0 Å². The van der Waals surface area contributed by atoms with Gasteiger partial charge < -0.3 is 10.2 Å². The molecule has 1 heterocycles. The lowest BCUT2D eigenvalue weighted by Gasteiger charge is -2.04. The van der Waals surface area contributed by atoms with Crippen molar-refractivity contribution in [3.8, 4) is 0 Å². The van der Waals surface area contributed by atoms with Gasteiger partial charge in [0.1, 0.15) is 5.76 Å². The number of nitrogens with two attached hydrogens (primary N) is 2. The second-order valence-corrected chi connectivity index (χ2v) is 5.64. The van der Waals surface area contributed by atoms with Crippen LogP contribution in [0, 0.1) is 0 Å². The Labute approximate surface area is 122 Å². The van der Waals surface area contributed by atoms with Gasteiger partial charge in [-0.15, -0.1) is 11.8 Å². The molecular weight excluding hydrogens is 330 g/mol. The molecule has 0 saturated carbocycles. The van der Waals surface area contributed by atoms with Crippen LogP contribution in [0.1, 0.15) is 16.3 Å². The number of hydrogen-bond donors (Lipinski definition) is 3. The lowest BCUT2D eigenvalue weighted by Crippen LogP contribution is -2.29. The van der Waals surface area contributed by atoms with Crippen LogP contribution in [-0.2, 0) is 5.75 Å². The van der Waals surface area contributed by atoms with E-state index < -0.39 is 5.91 Å². The lowest BCUT2D eigenvalue weighted by molar-refractivity contribution is 0.0924. The second kappa shape index (κ2) is 6.14. The molecule has 1 aromatic carbocycles. The molecule has 0 radical (unpaired) electrons. The highest BCUT2D eigenvalue weighted by Crippen LogP contribution is 2.30. The summed E-state index contributed by atoms with van der Waals surface area (Å²) in [5.74, 6) is 6.05. The van der Waals surface area contributed by atoms with Gasteiger partial charge in [0.2, 0.25) is 0 Å². The SMILES string of the molecule is NNC(=O)c1ccc(CSc2ccc(Br)cc2N)o1. The predicted octanol–water partition coefficient (Wildman–Crippen LogP) is 2.52. The minimum absolute atomic E-state index is 0.196. The first kappa shape index (κ1) is 14.0. The van der Waals surface area contributed by atoms with E-state index in [1.807, 2.05) is 23.6 Å². The summed E-state index contributed by atoms with van der Waals surface area (Å²) in [6.45, 7) is 0. The lowest BCUT2D eigenvalue weighted by atomic mass is 10.3. The number of carbonyl (C=O) groups excluding carboxylic acids is 1. The van der Waals surface area contributed by atoms with Crippen molar-refractivity contribution >= 4 is 39.3 Å². The first-order chi connectivity index (χ1) is 9.10. The molecule has 5 N–H and O–H groups in total. The zero-order valence-corrected chi connectivity index (χ0v) is 12.3. The van der Waals surface area contributed by atoms with Crippen molar-refractivity contribution in [2.75, 3.05) is 5.73 Å². The Bertz CT molecular complexity index is 600. The molecule has 1 amide bonds. The van der Waals surface area contributed by atoms with E-state index in [-0.39, 0.29) is 5.76 Å². The number of hydrazine groups is 1. The zero-order chi connectivity index (χ0) is 13.8. The number of rotatable bonds is 4. The quantitative estimate of drug-likeness (QED) is 0.261. The third-order valence-electron chi connectivity index (χ3n) is 2.36. The molecule has 0 fully saturated rings. The van der Waals surface area contributed by atoms with E-state index in [1.54, 1.807) is 12.1 Å². The number of benzene rings is 1. The maximum absolute atomic E-state index is 11.2. The topological polar surface area (TPSA) is 94.3 Å². The third kappa shape index (κ3) is 3.52. The molecule has 2 aromatic rings. The monoisotopic (exact) mass is 341 g/mol. The second-order valence-electron chi connectivity index (χ2n) is 3.71. The first-order valence-corrected chi connectivity index (χ1v) is 7.15. The van der Waals surface area contributed by atoms with Gasteiger partial charge in [-0.25, -0.2) is 5.84 Å². The molecule has 7 heteroatoms. The molecular formula is C12H12BrN3O2S. The van der Waals surface area contributed by atoms with Crippen molar-refractivity contribution in [1.82, 2.24) is 5.43 Å². The van der Waals surface area contributed by atoms with Crippen molar-refractivity contribution in [3.05, 3.63) is 46.3 Å². The first-order valence-electron chi connectivity index (χ1n) is 5.37. The molecule has 1 aromatic heterocycles. The van der Waals surface area contributed by atoms with Crippen LogP contribution in [0.2, 0.25) is 0 Å². The van der Waals surface area contributed by atoms with Crippen LogP contribution in [0.25, 0.3) is 0 Å². The van der Waals surface area contributed by atoms with E-state index >= 15 is 0 Å². The van der Waals surface area contributed by atoms with Crippen LogP contribution in [0.5, 0.6) is 0 Å². The average molecular weight is 342 g/mol. The van der Waals surface area contributed by atoms with Gasteiger partial charge in [0.25, 0.3) is 0 Å². The standard InChI is InChI=1S/C12H12BrN3O2S/c13-7-1-4-11(9(14)5-7)19-6-8-2-3-10(18-8)12(17)16-15/h1-5H,6,14-15H2,(H,16,17). The molecule has 0 spiro atoms. The fraction of sp³-hybridized carbons (Fsp3) is 0.0833. The third-order valence-corrected chi connectivity index (χ3v) is 3.96. The van der Waals surface area contributed by atoms with E-state index in [0.717, 1.165) is 9.37 Å². The largest absolute Gasteiger partial charge is 0.455 e. The van der Waals surface area contributed by atoms with Crippen LogP contribution in [0.15, 0.2) is 44.1 Å². The highest BCUT2D eigenvalue weighted by Gasteiger charge is 2.10. The minimum Gasteiger partial charge on any atom is -0.455 e. The summed E-state index contributed by atoms with van der Waals surface area (Å²) in [5.41, 5.74) is 8.62. The number of furan rings is 1. The molecule has 0 aliphatic rings. The summed E-state index contributed by atoms with van der Waals surface area (Å²) in [7, 11) is 0. The van der Waals surface area contributed by atoms with Gasteiger partial charge in [0.15, 0.2) is 5.76 Å². The number of carbonyl (C=O) groups is 1. The van der Waals surface area contributed by atoms with Gasteiger partial charge in [0, 0.05) is 15.1 Å². The summed E-state index contributed by atoms with van der Waals surface area (Å²) in [5, 5.41) is 0. The van der Waals surface area contributed by atoms with Gasteiger partial charge in [-0.05, 0) is 30.3 Å². The number of nitrogen functional groups attached to an aromatic ring is 2. The fourth-order valence-electron chi connectivity index (χ4n) is 1.45. The van der Waals surface area contributed by atoms with E-state index in [0.29, 0.717) is 17.2 Å².